The van der Waals surface area contributed by atoms with Gasteiger partial charge in [-0.3, -0.25) is 14.2 Å². The zero-order chi connectivity index (χ0) is 25.9. The summed E-state index contributed by atoms with van der Waals surface area (Å²) in [6.07, 6.45) is 5.34. The van der Waals surface area contributed by atoms with Crippen LogP contribution in [0.5, 0.6) is 0 Å². The Morgan fingerprint density at radius 1 is 1.16 bits per heavy atom. The van der Waals surface area contributed by atoms with Crippen LogP contribution in [0, 0.1) is 6.92 Å². The highest BCUT2D eigenvalue weighted by Crippen LogP contribution is 2.35. The van der Waals surface area contributed by atoms with Crippen molar-refractivity contribution in [1.29, 1.82) is 0 Å². The predicted molar refractivity (Wildman–Crippen MR) is 146 cm³/mol. The molecule has 8 nitrogen and oxygen atoms in total. The number of hydrogen-bond acceptors (Lipinski definition) is 7. The minimum atomic E-state index is -1.07. The van der Waals surface area contributed by atoms with Crippen molar-refractivity contribution in [2.75, 3.05) is 5.75 Å². The van der Waals surface area contributed by atoms with Gasteiger partial charge in [0.05, 0.1) is 28.6 Å². The van der Waals surface area contributed by atoms with Crippen molar-refractivity contribution in [3.8, 4) is 5.69 Å². The number of carbonyl (C=O) groups excluding carboxylic acids is 1. The SMILES string of the molecule is Cc1ccc(-n2c(SCC(=O)N/N=C\c3ccccc3C(=O)O)nc3sc4c(c3c2=O)CCCC4)cc1. The summed E-state index contributed by atoms with van der Waals surface area (Å²) in [5.74, 6) is -1.49. The topological polar surface area (TPSA) is 114 Å². The van der Waals surface area contributed by atoms with Crippen molar-refractivity contribution in [2.24, 2.45) is 5.10 Å². The molecule has 0 bridgehead atoms. The summed E-state index contributed by atoms with van der Waals surface area (Å²) in [4.78, 5) is 44.4. The molecule has 1 aliphatic carbocycles. The fourth-order valence-corrected chi connectivity index (χ4v) is 6.45. The van der Waals surface area contributed by atoms with E-state index in [1.54, 1.807) is 34.1 Å². The zero-order valence-corrected chi connectivity index (χ0v) is 21.7. The Hall–Kier alpha value is -3.76. The van der Waals surface area contributed by atoms with Gasteiger partial charge in [0, 0.05) is 10.4 Å². The van der Waals surface area contributed by atoms with Gasteiger partial charge >= 0.3 is 5.97 Å². The van der Waals surface area contributed by atoms with Crippen molar-refractivity contribution < 1.29 is 14.7 Å². The van der Waals surface area contributed by atoms with E-state index >= 15 is 0 Å². The van der Waals surface area contributed by atoms with E-state index in [4.69, 9.17) is 4.98 Å². The molecule has 2 aromatic heterocycles. The molecule has 0 saturated carbocycles. The average molecular weight is 533 g/mol. The Morgan fingerprint density at radius 3 is 2.70 bits per heavy atom. The molecule has 1 aliphatic rings. The lowest BCUT2D eigenvalue weighted by Crippen LogP contribution is -2.24. The molecule has 2 N–H and O–H groups in total. The van der Waals surface area contributed by atoms with E-state index in [0.29, 0.717) is 26.6 Å². The number of fused-ring (bicyclic) bond motifs is 3. The van der Waals surface area contributed by atoms with E-state index in [9.17, 15) is 19.5 Å². The number of thioether (sulfide) groups is 1. The number of thiophene rings is 1. The van der Waals surface area contributed by atoms with E-state index in [2.05, 4.69) is 10.5 Å². The van der Waals surface area contributed by atoms with Gasteiger partial charge in [-0.15, -0.1) is 11.3 Å². The fourth-order valence-electron chi connectivity index (χ4n) is 4.35. The number of aromatic nitrogens is 2. The summed E-state index contributed by atoms with van der Waals surface area (Å²) in [5.41, 5.74) is 5.69. The number of nitrogens with zero attached hydrogens (tertiary/aromatic N) is 3. The predicted octanol–water partition coefficient (Wildman–Crippen LogP) is 4.58. The first-order valence-electron chi connectivity index (χ1n) is 11.8. The number of hydrogen-bond donors (Lipinski definition) is 2. The summed E-state index contributed by atoms with van der Waals surface area (Å²) >= 11 is 2.74. The number of carboxylic acid groups (broad SMARTS) is 1. The number of rotatable bonds is 7. The molecule has 4 aromatic rings. The Bertz CT molecular complexity index is 1590. The number of carbonyl (C=O) groups is 2. The lowest BCUT2D eigenvalue weighted by molar-refractivity contribution is -0.118. The number of benzene rings is 2. The molecule has 0 radical (unpaired) electrons. The van der Waals surface area contributed by atoms with Gasteiger partial charge in [-0.25, -0.2) is 15.2 Å². The van der Waals surface area contributed by atoms with Gasteiger partial charge in [0.15, 0.2) is 5.16 Å². The summed E-state index contributed by atoms with van der Waals surface area (Å²) in [5, 5.41) is 14.3. The minimum absolute atomic E-state index is 0.0210. The van der Waals surface area contributed by atoms with Crippen LogP contribution in [0.3, 0.4) is 0 Å². The minimum Gasteiger partial charge on any atom is -0.478 e. The summed E-state index contributed by atoms with van der Waals surface area (Å²) in [6.45, 7) is 1.98. The monoisotopic (exact) mass is 532 g/mol. The van der Waals surface area contributed by atoms with Crippen LogP contribution in [0.15, 0.2) is 63.6 Å². The van der Waals surface area contributed by atoms with Gasteiger partial charge in [0.25, 0.3) is 11.5 Å². The smallest absolute Gasteiger partial charge is 0.336 e. The third-order valence-corrected chi connectivity index (χ3v) is 8.29. The molecule has 188 valence electrons. The van der Waals surface area contributed by atoms with E-state index in [0.717, 1.165) is 48.6 Å². The Balaban J connectivity index is 1.42. The molecule has 37 heavy (non-hydrogen) atoms. The second kappa shape index (κ2) is 10.7. The zero-order valence-electron chi connectivity index (χ0n) is 20.1. The highest BCUT2D eigenvalue weighted by Gasteiger charge is 2.23. The Labute approximate surface area is 221 Å². The van der Waals surface area contributed by atoms with Crippen LogP contribution in [-0.4, -0.2) is 38.5 Å². The molecular weight excluding hydrogens is 508 g/mol. The first-order chi connectivity index (χ1) is 17.9. The first kappa shape index (κ1) is 24.9. The second-order valence-corrected chi connectivity index (χ2v) is 10.8. The number of nitrogens with one attached hydrogen (secondary N) is 1. The molecule has 5 rings (SSSR count). The number of carboxylic acids is 1. The number of aryl methyl sites for hydroxylation is 3. The molecule has 0 aliphatic heterocycles. The maximum Gasteiger partial charge on any atom is 0.336 e. The van der Waals surface area contributed by atoms with Crippen molar-refractivity contribution in [3.63, 3.8) is 0 Å². The molecule has 0 fully saturated rings. The first-order valence-corrected chi connectivity index (χ1v) is 13.6. The van der Waals surface area contributed by atoms with E-state index < -0.39 is 11.9 Å². The molecule has 0 spiro atoms. The maximum atomic E-state index is 13.8. The molecule has 2 aromatic carbocycles. The molecule has 10 heteroatoms. The Morgan fingerprint density at radius 2 is 1.92 bits per heavy atom. The number of amides is 1. The fraction of sp³-hybridized carbons (Fsp3) is 0.222. The van der Waals surface area contributed by atoms with Crippen LogP contribution >= 0.6 is 23.1 Å². The highest BCUT2D eigenvalue weighted by molar-refractivity contribution is 7.99. The van der Waals surface area contributed by atoms with E-state index in [1.807, 2.05) is 31.2 Å². The Kier molecular flexibility index (Phi) is 7.20. The molecule has 1 amide bonds. The van der Waals surface area contributed by atoms with Crippen LogP contribution in [0.25, 0.3) is 15.9 Å². The van der Waals surface area contributed by atoms with Crippen molar-refractivity contribution >= 4 is 51.4 Å². The second-order valence-electron chi connectivity index (χ2n) is 8.74. The largest absolute Gasteiger partial charge is 0.478 e. The lowest BCUT2D eigenvalue weighted by atomic mass is 9.97. The van der Waals surface area contributed by atoms with Crippen molar-refractivity contribution in [2.45, 2.75) is 37.8 Å². The average Bonchev–Trinajstić information content (AvgIpc) is 3.27. The van der Waals surface area contributed by atoms with Gasteiger partial charge in [-0.2, -0.15) is 5.10 Å². The van der Waals surface area contributed by atoms with Crippen molar-refractivity contribution in [3.05, 3.63) is 86.0 Å². The number of hydrazone groups is 1. The standard InChI is InChI=1S/C27H24N4O4S2/c1-16-10-12-18(13-11-16)31-25(33)23-20-8-4-5-9-21(20)37-24(23)29-27(31)36-15-22(32)30-28-14-17-6-2-3-7-19(17)26(34)35/h2-3,6-7,10-14H,4-5,8-9,15H2,1H3,(H,30,32)(H,34,35)/b28-14-. The normalized spacial score (nSPS) is 13.1. The molecular formula is C27H24N4O4S2. The summed E-state index contributed by atoms with van der Waals surface area (Å²) in [6, 6.07) is 14.1. The van der Waals surface area contributed by atoms with E-state index in [1.165, 1.54) is 17.2 Å². The summed E-state index contributed by atoms with van der Waals surface area (Å²) < 4.78 is 1.59. The number of aromatic carboxylic acids is 1. The van der Waals surface area contributed by atoms with Crippen LogP contribution in [0.1, 0.15) is 44.8 Å². The summed E-state index contributed by atoms with van der Waals surface area (Å²) in [7, 11) is 0. The third kappa shape index (κ3) is 5.21. The van der Waals surface area contributed by atoms with Crippen LogP contribution in [0.4, 0.5) is 0 Å². The van der Waals surface area contributed by atoms with Gasteiger partial charge in [0.1, 0.15) is 4.83 Å². The van der Waals surface area contributed by atoms with Crippen LogP contribution in [0.2, 0.25) is 0 Å². The van der Waals surface area contributed by atoms with Gasteiger partial charge < -0.3 is 5.11 Å². The quantitative estimate of drug-likeness (QED) is 0.156. The third-order valence-electron chi connectivity index (χ3n) is 6.17. The molecule has 0 saturated heterocycles. The van der Waals surface area contributed by atoms with Crippen molar-refractivity contribution in [1.82, 2.24) is 15.0 Å². The van der Waals surface area contributed by atoms with Gasteiger partial charge in [-0.1, -0.05) is 47.7 Å². The van der Waals surface area contributed by atoms with Crippen LogP contribution < -0.4 is 11.0 Å². The molecule has 2 heterocycles. The maximum absolute atomic E-state index is 13.8. The van der Waals surface area contributed by atoms with Crippen LogP contribution in [-0.2, 0) is 17.6 Å². The van der Waals surface area contributed by atoms with Gasteiger partial charge in [-0.05, 0) is 56.4 Å². The lowest BCUT2D eigenvalue weighted by Gasteiger charge is -2.13. The van der Waals surface area contributed by atoms with Gasteiger partial charge in [0.2, 0.25) is 0 Å². The molecule has 0 unspecified atom stereocenters. The molecule has 0 atom stereocenters. The highest BCUT2D eigenvalue weighted by atomic mass is 32.2. The van der Waals surface area contributed by atoms with E-state index in [-0.39, 0.29) is 16.9 Å².